The Morgan fingerprint density at radius 3 is 2.72 bits per heavy atom. The van der Waals surface area contributed by atoms with Crippen molar-refractivity contribution in [1.82, 2.24) is 0 Å². The number of carbonyl (C=O) groups is 1. The molecule has 1 atom stereocenters. The van der Waals surface area contributed by atoms with Gasteiger partial charge in [0, 0.05) is 6.07 Å². The SMILES string of the molecule is CC#CC(C)Oc1cc(N)c(Cl)cc1C(=O)OC. The van der Waals surface area contributed by atoms with E-state index >= 15 is 0 Å². The molecule has 0 amide bonds. The molecular formula is C13H14ClNO3. The van der Waals surface area contributed by atoms with Crippen molar-refractivity contribution in [3.63, 3.8) is 0 Å². The van der Waals surface area contributed by atoms with Gasteiger partial charge in [0.05, 0.1) is 17.8 Å². The molecule has 1 aromatic carbocycles. The van der Waals surface area contributed by atoms with E-state index in [0.29, 0.717) is 11.4 Å². The lowest BCUT2D eigenvalue weighted by atomic mass is 10.2. The minimum absolute atomic E-state index is 0.224. The van der Waals surface area contributed by atoms with Gasteiger partial charge in [-0.15, -0.1) is 5.92 Å². The van der Waals surface area contributed by atoms with Crippen molar-refractivity contribution in [2.75, 3.05) is 12.8 Å². The van der Waals surface area contributed by atoms with Crippen molar-refractivity contribution in [1.29, 1.82) is 0 Å². The molecule has 0 aliphatic carbocycles. The minimum atomic E-state index is -0.538. The predicted octanol–water partition coefficient (Wildman–Crippen LogP) is 2.50. The van der Waals surface area contributed by atoms with Crippen molar-refractivity contribution in [3.05, 3.63) is 22.7 Å². The van der Waals surface area contributed by atoms with Crippen LogP contribution in [-0.2, 0) is 4.74 Å². The highest BCUT2D eigenvalue weighted by Gasteiger charge is 2.17. The Kier molecular flexibility index (Phi) is 4.87. The van der Waals surface area contributed by atoms with E-state index in [4.69, 9.17) is 22.1 Å². The average Bonchev–Trinajstić information content (AvgIpc) is 2.32. The zero-order valence-corrected chi connectivity index (χ0v) is 11.2. The highest BCUT2D eigenvalue weighted by molar-refractivity contribution is 6.33. The highest BCUT2D eigenvalue weighted by Crippen LogP contribution is 2.30. The van der Waals surface area contributed by atoms with Crippen molar-refractivity contribution < 1.29 is 14.3 Å². The molecule has 0 saturated heterocycles. The van der Waals surface area contributed by atoms with Gasteiger partial charge < -0.3 is 15.2 Å². The lowest BCUT2D eigenvalue weighted by Gasteiger charge is -2.14. The molecule has 5 heteroatoms. The standard InChI is InChI=1S/C13H14ClNO3/c1-4-5-8(2)18-12-7-11(15)10(14)6-9(12)13(16)17-3/h6-8H,15H2,1-3H3. The fraction of sp³-hybridized carbons (Fsp3) is 0.308. The number of nitrogens with two attached hydrogens (primary N) is 1. The van der Waals surface area contributed by atoms with Crippen molar-refractivity contribution >= 4 is 23.3 Å². The van der Waals surface area contributed by atoms with Gasteiger partial charge in [0.15, 0.2) is 6.10 Å². The van der Waals surface area contributed by atoms with Crippen LogP contribution in [0.4, 0.5) is 5.69 Å². The molecule has 0 spiro atoms. The number of hydrogen-bond donors (Lipinski definition) is 1. The summed E-state index contributed by atoms with van der Waals surface area (Å²) >= 11 is 5.87. The van der Waals surface area contributed by atoms with E-state index in [0.717, 1.165) is 0 Å². The molecule has 2 N–H and O–H groups in total. The van der Waals surface area contributed by atoms with Gasteiger partial charge in [-0.2, -0.15) is 0 Å². The van der Waals surface area contributed by atoms with Gasteiger partial charge in [0.25, 0.3) is 0 Å². The van der Waals surface area contributed by atoms with E-state index in [9.17, 15) is 4.79 Å². The Labute approximate surface area is 111 Å². The third-order valence-electron chi connectivity index (χ3n) is 2.16. The number of nitrogen functional groups attached to an aromatic ring is 1. The average molecular weight is 268 g/mol. The summed E-state index contributed by atoms with van der Waals surface area (Å²) in [5.41, 5.74) is 6.23. The number of ether oxygens (including phenoxy) is 2. The quantitative estimate of drug-likeness (QED) is 0.519. The Morgan fingerprint density at radius 1 is 1.50 bits per heavy atom. The molecule has 1 unspecified atom stereocenters. The van der Waals surface area contributed by atoms with Crippen LogP contribution in [0.1, 0.15) is 24.2 Å². The Morgan fingerprint density at radius 2 is 2.17 bits per heavy atom. The third kappa shape index (κ3) is 3.31. The zero-order valence-electron chi connectivity index (χ0n) is 10.4. The van der Waals surface area contributed by atoms with Crippen LogP contribution >= 0.6 is 11.6 Å². The van der Waals surface area contributed by atoms with Gasteiger partial charge in [-0.1, -0.05) is 17.5 Å². The van der Waals surface area contributed by atoms with Gasteiger partial charge in [-0.3, -0.25) is 0 Å². The number of carbonyl (C=O) groups excluding carboxylic acids is 1. The Balaban J connectivity index is 3.18. The number of benzene rings is 1. The van der Waals surface area contributed by atoms with Crippen LogP contribution in [0, 0.1) is 11.8 Å². The molecule has 0 bridgehead atoms. The minimum Gasteiger partial charge on any atom is -0.477 e. The molecule has 0 aromatic heterocycles. The molecule has 18 heavy (non-hydrogen) atoms. The largest absolute Gasteiger partial charge is 0.477 e. The second-order valence-corrected chi connectivity index (χ2v) is 3.92. The van der Waals surface area contributed by atoms with Gasteiger partial charge in [-0.25, -0.2) is 4.79 Å². The Bertz CT molecular complexity index is 517. The number of anilines is 1. The summed E-state index contributed by atoms with van der Waals surface area (Å²) < 4.78 is 10.2. The second-order valence-electron chi connectivity index (χ2n) is 3.52. The van der Waals surface area contributed by atoms with Crippen LogP contribution in [0.25, 0.3) is 0 Å². The van der Waals surface area contributed by atoms with E-state index in [1.54, 1.807) is 13.8 Å². The number of hydrogen-bond acceptors (Lipinski definition) is 4. The smallest absolute Gasteiger partial charge is 0.341 e. The van der Waals surface area contributed by atoms with Crippen LogP contribution in [-0.4, -0.2) is 19.2 Å². The van der Waals surface area contributed by atoms with Crippen molar-refractivity contribution in [2.24, 2.45) is 0 Å². The first-order valence-electron chi connectivity index (χ1n) is 5.25. The molecule has 1 aromatic rings. The summed E-state index contributed by atoms with van der Waals surface area (Å²) in [6.07, 6.45) is -0.362. The van der Waals surface area contributed by atoms with Gasteiger partial charge in [-0.05, 0) is 19.9 Å². The lowest BCUT2D eigenvalue weighted by Crippen LogP contribution is -2.13. The van der Waals surface area contributed by atoms with E-state index in [-0.39, 0.29) is 16.7 Å². The van der Waals surface area contributed by atoms with Gasteiger partial charge >= 0.3 is 5.97 Å². The van der Waals surface area contributed by atoms with Crippen molar-refractivity contribution in [2.45, 2.75) is 20.0 Å². The number of esters is 1. The lowest BCUT2D eigenvalue weighted by molar-refractivity contribution is 0.0595. The second kappa shape index (κ2) is 6.18. The van der Waals surface area contributed by atoms with Crippen LogP contribution in [0.2, 0.25) is 5.02 Å². The topological polar surface area (TPSA) is 61.5 Å². The summed E-state index contributed by atoms with van der Waals surface area (Å²) in [7, 11) is 1.28. The van der Waals surface area contributed by atoms with Gasteiger partial charge in [0.2, 0.25) is 0 Å². The molecule has 0 aliphatic heterocycles. The first-order valence-corrected chi connectivity index (χ1v) is 5.63. The number of halogens is 1. The highest BCUT2D eigenvalue weighted by atomic mass is 35.5. The van der Waals surface area contributed by atoms with Gasteiger partial charge in [0.1, 0.15) is 11.3 Å². The van der Waals surface area contributed by atoms with Crippen LogP contribution in [0.3, 0.4) is 0 Å². The van der Waals surface area contributed by atoms with E-state index in [1.165, 1.54) is 19.2 Å². The van der Waals surface area contributed by atoms with E-state index < -0.39 is 5.97 Å². The molecule has 96 valence electrons. The summed E-state index contributed by atoms with van der Waals surface area (Å²) in [5.74, 6) is 5.31. The van der Waals surface area contributed by atoms with Crippen LogP contribution in [0.5, 0.6) is 5.75 Å². The maximum Gasteiger partial charge on any atom is 0.341 e. The van der Waals surface area contributed by atoms with E-state index in [1.807, 2.05) is 0 Å². The molecule has 0 heterocycles. The fourth-order valence-corrected chi connectivity index (χ4v) is 1.52. The molecule has 1 rings (SSSR count). The molecule has 0 radical (unpaired) electrons. The van der Waals surface area contributed by atoms with Crippen molar-refractivity contribution in [3.8, 4) is 17.6 Å². The first kappa shape index (κ1) is 14.2. The third-order valence-corrected chi connectivity index (χ3v) is 2.48. The monoisotopic (exact) mass is 267 g/mol. The summed E-state index contributed by atoms with van der Waals surface area (Å²) in [6, 6.07) is 2.91. The number of methoxy groups -OCH3 is 1. The van der Waals surface area contributed by atoms with Crippen LogP contribution < -0.4 is 10.5 Å². The molecule has 4 nitrogen and oxygen atoms in total. The summed E-state index contributed by atoms with van der Waals surface area (Å²) in [6.45, 7) is 3.47. The summed E-state index contributed by atoms with van der Waals surface area (Å²) in [4.78, 5) is 11.6. The van der Waals surface area contributed by atoms with E-state index in [2.05, 4.69) is 16.6 Å². The predicted molar refractivity (Wildman–Crippen MR) is 70.7 cm³/mol. The first-order chi connectivity index (χ1) is 8.49. The zero-order chi connectivity index (χ0) is 13.7. The number of rotatable bonds is 3. The molecule has 0 saturated carbocycles. The fourth-order valence-electron chi connectivity index (χ4n) is 1.36. The van der Waals surface area contributed by atoms with Crippen LogP contribution in [0.15, 0.2) is 12.1 Å². The maximum absolute atomic E-state index is 11.6. The normalized spacial score (nSPS) is 11.1. The Hall–Kier alpha value is -1.86. The molecule has 0 aliphatic rings. The summed E-state index contributed by atoms with van der Waals surface area (Å²) in [5, 5.41) is 0.275. The molecular weight excluding hydrogens is 254 g/mol. The molecule has 0 fully saturated rings. The maximum atomic E-state index is 11.6.